The van der Waals surface area contributed by atoms with Gasteiger partial charge in [0.05, 0.1) is 0 Å². The Hall–Kier alpha value is -1.42. The van der Waals surface area contributed by atoms with E-state index in [1.165, 1.54) is 11.0 Å². The van der Waals surface area contributed by atoms with Gasteiger partial charge in [0.25, 0.3) is 0 Å². The number of carbonyl (C=O) groups is 1. The van der Waals surface area contributed by atoms with E-state index in [0.717, 1.165) is 17.9 Å². The molecule has 1 amide bonds. The van der Waals surface area contributed by atoms with E-state index in [9.17, 15) is 4.79 Å². The summed E-state index contributed by atoms with van der Waals surface area (Å²) in [6.07, 6.45) is 2.27. The number of amides is 1. The van der Waals surface area contributed by atoms with Gasteiger partial charge in [-0.1, -0.05) is 18.7 Å². The van der Waals surface area contributed by atoms with Gasteiger partial charge in [-0.25, -0.2) is 0 Å². The van der Waals surface area contributed by atoms with Gasteiger partial charge in [-0.05, 0) is 18.2 Å². The van der Waals surface area contributed by atoms with E-state index in [2.05, 4.69) is 18.0 Å². The molecule has 3 nitrogen and oxygen atoms in total. The monoisotopic (exact) mass is 249 g/mol. The Bertz CT molecular complexity index is 420. The van der Waals surface area contributed by atoms with Crippen molar-refractivity contribution in [1.82, 2.24) is 5.32 Å². The first-order valence-corrected chi connectivity index (χ1v) is 6.57. The molecule has 1 heterocycles. The lowest BCUT2D eigenvalue weighted by Gasteiger charge is -2.25. The van der Waals surface area contributed by atoms with Crippen LogP contribution in [0.2, 0.25) is 0 Å². The minimum absolute atomic E-state index is 0.131. The van der Waals surface area contributed by atoms with Gasteiger partial charge in [0.15, 0.2) is 0 Å². The Morgan fingerprint density at radius 2 is 2.41 bits per heavy atom. The molecule has 90 valence electrons. The summed E-state index contributed by atoms with van der Waals surface area (Å²) < 4.78 is 5.85. The normalized spacial score (nSPS) is 17.8. The average molecular weight is 249 g/mol. The van der Waals surface area contributed by atoms with Crippen LogP contribution in [0, 0.1) is 0 Å². The van der Waals surface area contributed by atoms with Gasteiger partial charge < -0.3 is 10.1 Å². The lowest BCUT2D eigenvalue weighted by Crippen LogP contribution is -2.30. The van der Waals surface area contributed by atoms with Gasteiger partial charge in [-0.2, -0.15) is 0 Å². The third-order valence-electron chi connectivity index (χ3n) is 2.52. The summed E-state index contributed by atoms with van der Waals surface area (Å²) in [5.74, 6) is 1.75. The fraction of sp³-hybridized carbons (Fsp3) is 0.308. The number of carbonyl (C=O) groups excluding carboxylic acids is 1. The quantitative estimate of drug-likeness (QED) is 0.832. The van der Waals surface area contributed by atoms with E-state index in [-0.39, 0.29) is 12.0 Å². The van der Waals surface area contributed by atoms with Gasteiger partial charge in [0, 0.05) is 23.6 Å². The molecule has 1 aromatic rings. The fourth-order valence-electron chi connectivity index (χ4n) is 1.63. The summed E-state index contributed by atoms with van der Waals surface area (Å²) >= 11 is 1.80. The number of benzene rings is 1. The number of nitrogens with one attached hydrogen (secondary N) is 1. The van der Waals surface area contributed by atoms with Crippen LogP contribution in [0.3, 0.4) is 0 Å². The smallest absolute Gasteiger partial charge is 0.243 e. The maximum Gasteiger partial charge on any atom is 0.243 e. The number of para-hydroxylation sites is 1. The zero-order valence-electron chi connectivity index (χ0n) is 9.52. The highest BCUT2D eigenvalue weighted by molar-refractivity contribution is 7.99. The highest BCUT2D eigenvalue weighted by Crippen LogP contribution is 2.35. The number of rotatable bonds is 4. The molecule has 4 heteroatoms. The summed E-state index contributed by atoms with van der Waals surface area (Å²) in [6.45, 7) is 4.03. The highest BCUT2D eigenvalue weighted by Gasteiger charge is 2.19. The maximum atomic E-state index is 11.0. The Morgan fingerprint density at radius 3 is 3.24 bits per heavy atom. The predicted octanol–water partition coefficient (Wildman–Crippen LogP) is 2.23. The SMILES string of the molecule is C=CC(=O)NCCC1CSc2ccccc2O1. The zero-order valence-corrected chi connectivity index (χ0v) is 10.3. The lowest BCUT2D eigenvalue weighted by atomic mass is 10.2. The molecule has 0 saturated carbocycles. The van der Waals surface area contributed by atoms with Crippen molar-refractivity contribution in [2.45, 2.75) is 17.4 Å². The minimum atomic E-state index is -0.131. The minimum Gasteiger partial charge on any atom is -0.488 e. The molecule has 0 radical (unpaired) electrons. The zero-order chi connectivity index (χ0) is 12.1. The Balaban J connectivity index is 1.82. The van der Waals surface area contributed by atoms with Crippen molar-refractivity contribution in [3.63, 3.8) is 0 Å². The molecule has 0 aromatic heterocycles. The van der Waals surface area contributed by atoms with Gasteiger partial charge >= 0.3 is 0 Å². The molecule has 1 aliphatic heterocycles. The summed E-state index contributed by atoms with van der Waals surface area (Å²) in [7, 11) is 0. The van der Waals surface area contributed by atoms with Crippen molar-refractivity contribution >= 4 is 17.7 Å². The Morgan fingerprint density at radius 1 is 1.59 bits per heavy atom. The van der Waals surface area contributed by atoms with E-state index >= 15 is 0 Å². The standard InChI is InChI=1S/C13H15NO2S/c1-2-13(15)14-8-7-10-9-17-12-6-4-3-5-11(12)16-10/h2-6,10H,1,7-9H2,(H,14,15). The highest BCUT2D eigenvalue weighted by atomic mass is 32.2. The first-order valence-electron chi connectivity index (χ1n) is 5.58. The third-order valence-corrected chi connectivity index (χ3v) is 3.71. The predicted molar refractivity (Wildman–Crippen MR) is 69.4 cm³/mol. The van der Waals surface area contributed by atoms with Crippen LogP contribution in [-0.2, 0) is 4.79 Å². The number of fused-ring (bicyclic) bond motifs is 1. The van der Waals surface area contributed by atoms with E-state index < -0.39 is 0 Å². The molecule has 1 unspecified atom stereocenters. The second kappa shape index (κ2) is 5.77. The van der Waals surface area contributed by atoms with Gasteiger partial charge in [-0.15, -0.1) is 11.8 Å². The van der Waals surface area contributed by atoms with Crippen LogP contribution in [-0.4, -0.2) is 24.3 Å². The van der Waals surface area contributed by atoms with Crippen molar-refractivity contribution < 1.29 is 9.53 Å². The van der Waals surface area contributed by atoms with Crippen LogP contribution in [0.25, 0.3) is 0 Å². The molecule has 0 saturated heterocycles. The van der Waals surface area contributed by atoms with Crippen LogP contribution in [0.5, 0.6) is 5.75 Å². The molecule has 1 N–H and O–H groups in total. The molecule has 0 bridgehead atoms. The maximum absolute atomic E-state index is 11.0. The molecular formula is C13H15NO2S. The van der Waals surface area contributed by atoms with E-state index in [4.69, 9.17) is 4.74 Å². The Labute approximate surface area is 105 Å². The molecule has 17 heavy (non-hydrogen) atoms. The largest absolute Gasteiger partial charge is 0.488 e. The third kappa shape index (κ3) is 3.27. The second-order valence-electron chi connectivity index (χ2n) is 3.78. The second-order valence-corrected chi connectivity index (χ2v) is 4.84. The summed E-state index contributed by atoms with van der Waals surface area (Å²) in [5.41, 5.74) is 0. The molecule has 0 fully saturated rings. The van der Waals surface area contributed by atoms with Crippen molar-refractivity contribution in [2.75, 3.05) is 12.3 Å². The molecule has 1 aliphatic rings. The van der Waals surface area contributed by atoms with E-state index in [1.807, 2.05) is 18.2 Å². The average Bonchev–Trinajstić information content (AvgIpc) is 2.38. The summed E-state index contributed by atoms with van der Waals surface area (Å²) in [5, 5.41) is 2.76. The fourth-order valence-corrected chi connectivity index (χ4v) is 2.67. The van der Waals surface area contributed by atoms with Crippen molar-refractivity contribution in [3.8, 4) is 5.75 Å². The topological polar surface area (TPSA) is 38.3 Å². The van der Waals surface area contributed by atoms with Gasteiger partial charge in [0.2, 0.25) is 5.91 Å². The molecular weight excluding hydrogens is 234 g/mol. The van der Waals surface area contributed by atoms with Gasteiger partial charge in [0.1, 0.15) is 11.9 Å². The molecule has 0 aliphatic carbocycles. The number of ether oxygens (including phenoxy) is 1. The summed E-state index contributed by atoms with van der Waals surface area (Å²) in [4.78, 5) is 12.2. The van der Waals surface area contributed by atoms with Gasteiger partial charge in [-0.3, -0.25) is 4.79 Å². The molecule has 1 aromatic carbocycles. The first-order chi connectivity index (χ1) is 8.29. The van der Waals surface area contributed by atoms with Crippen molar-refractivity contribution in [3.05, 3.63) is 36.9 Å². The van der Waals surface area contributed by atoms with Crippen molar-refractivity contribution in [1.29, 1.82) is 0 Å². The molecule has 2 rings (SSSR count). The number of thioether (sulfide) groups is 1. The number of hydrogen-bond acceptors (Lipinski definition) is 3. The lowest BCUT2D eigenvalue weighted by molar-refractivity contribution is -0.116. The molecule has 0 spiro atoms. The molecule has 1 atom stereocenters. The summed E-state index contributed by atoms with van der Waals surface area (Å²) in [6, 6.07) is 8.04. The van der Waals surface area contributed by atoms with E-state index in [1.54, 1.807) is 11.8 Å². The Kier molecular flexibility index (Phi) is 4.09. The van der Waals surface area contributed by atoms with Crippen LogP contribution in [0.4, 0.5) is 0 Å². The van der Waals surface area contributed by atoms with Crippen molar-refractivity contribution in [2.24, 2.45) is 0 Å². The number of hydrogen-bond donors (Lipinski definition) is 1. The van der Waals surface area contributed by atoms with Crippen LogP contribution in [0.1, 0.15) is 6.42 Å². The van der Waals surface area contributed by atoms with Crippen LogP contribution >= 0.6 is 11.8 Å². The first kappa shape index (κ1) is 12.0. The van der Waals surface area contributed by atoms with Crippen LogP contribution in [0.15, 0.2) is 41.8 Å². The van der Waals surface area contributed by atoms with Crippen LogP contribution < -0.4 is 10.1 Å². The van der Waals surface area contributed by atoms with E-state index in [0.29, 0.717) is 6.54 Å².